The Morgan fingerprint density at radius 1 is 1.53 bits per heavy atom. The van der Waals surface area contributed by atoms with E-state index in [1.54, 1.807) is 25.7 Å². The Morgan fingerprint density at radius 2 is 2.12 bits per heavy atom. The van der Waals surface area contributed by atoms with Crippen molar-refractivity contribution in [2.45, 2.75) is 32.7 Å². The van der Waals surface area contributed by atoms with E-state index in [1.165, 1.54) is 4.90 Å². The lowest BCUT2D eigenvalue weighted by atomic mass is 10.1. The molecule has 0 saturated heterocycles. The van der Waals surface area contributed by atoms with Gasteiger partial charge in [0.25, 0.3) is 5.91 Å². The van der Waals surface area contributed by atoms with Gasteiger partial charge >= 0.3 is 0 Å². The Bertz CT molecular complexity index is 398. The van der Waals surface area contributed by atoms with Crippen molar-refractivity contribution < 1.29 is 9.90 Å². The van der Waals surface area contributed by atoms with Crippen LogP contribution in [-0.4, -0.2) is 45.4 Å². The molecule has 1 amide bonds. The van der Waals surface area contributed by atoms with Crippen molar-refractivity contribution in [3.63, 3.8) is 0 Å². The molecule has 1 aromatic heterocycles. The number of hydrogen-bond acceptors (Lipinski definition) is 3. The van der Waals surface area contributed by atoms with E-state index in [4.69, 9.17) is 5.11 Å². The van der Waals surface area contributed by atoms with Crippen LogP contribution < -0.4 is 0 Å². The summed E-state index contributed by atoms with van der Waals surface area (Å²) in [4.78, 5) is 13.7. The van der Waals surface area contributed by atoms with Crippen LogP contribution in [-0.2, 0) is 7.05 Å². The molecule has 1 unspecified atom stereocenters. The second-order valence-electron chi connectivity index (χ2n) is 4.68. The Labute approximate surface area is 102 Å². The number of carbonyl (C=O) groups excluding carboxylic acids is 1. The summed E-state index contributed by atoms with van der Waals surface area (Å²) in [6.45, 7) is 5.84. The maximum absolute atomic E-state index is 12.2. The van der Waals surface area contributed by atoms with Crippen molar-refractivity contribution in [3.8, 4) is 0 Å². The highest BCUT2D eigenvalue weighted by molar-refractivity contribution is 5.92. The molecule has 0 radical (unpaired) electrons. The van der Waals surface area contributed by atoms with Gasteiger partial charge in [-0.3, -0.25) is 9.48 Å². The Hall–Kier alpha value is -1.36. The molecule has 0 aromatic carbocycles. The van der Waals surface area contributed by atoms with Gasteiger partial charge in [-0.2, -0.15) is 5.10 Å². The molecule has 0 aliphatic carbocycles. The maximum Gasteiger partial charge on any atom is 0.272 e. The molecule has 1 rings (SSSR count). The number of hydrogen-bond donors (Lipinski definition) is 1. The van der Waals surface area contributed by atoms with Crippen LogP contribution in [0, 0.1) is 0 Å². The third-order valence-electron chi connectivity index (χ3n) is 2.96. The molecule has 5 heteroatoms. The van der Waals surface area contributed by atoms with E-state index < -0.39 is 0 Å². The minimum atomic E-state index is -0.195. The van der Waals surface area contributed by atoms with Gasteiger partial charge in [-0.1, -0.05) is 13.8 Å². The van der Waals surface area contributed by atoms with Gasteiger partial charge in [0.2, 0.25) is 0 Å². The molecule has 5 nitrogen and oxygen atoms in total. The van der Waals surface area contributed by atoms with Crippen LogP contribution in [0.2, 0.25) is 0 Å². The summed E-state index contributed by atoms with van der Waals surface area (Å²) in [7, 11) is 3.45. The van der Waals surface area contributed by atoms with Crippen LogP contribution in [0.15, 0.2) is 6.07 Å². The maximum atomic E-state index is 12.2. The second-order valence-corrected chi connectivity index (χ2v) is 4.68. The molecular weight excluding hydrogens is 218 g/mol. The number of nitrogens with zero attached hydrogens (tertiary/aromatic N) is 3. The summed E-state index contributed by atoms with van der Waals surface area (Å²) >= 11 is 0. The molecule has 1 N–H and O–H groups in total. The molecule has 0 fully saturated rings. The number of amides is 1. The Morgan fingerprint density at radius 3 is 2.53 bits per heavy atom. The number of aromatic nitrogens is 2. The zero-order chi connectivity index (χ0) is 13.2. The largest absolute Gasteiger partial charge is 0.394 e. The van der Waals surface area contributed by atoms with Crippen LogP contribution in [0.1, 0.15) is 42.9 Å². The van der Waals surface area contributed by atoms with Gasteiger partial charge < -0.3 is 10.0 Å². The van der Waals surface area contributed by atoms with Crippen molar-refractivity contribution in [2.75, 3.05) is 13.7 Å². The van der Waals surface area contributed by atoms with E-state index >= 15 is 0 Å². The number of carbonyl (C=O) groups is 1. The average molecular weight is 239 g/mol. The molecule has 0 spiro atoms. The highest BCUT2D eigenvalue weighted by atomic mass is 16.3. The lowest BCUT2D eigenvalue weighted by molar-refractivity contribution is 0.0671. The van der Waals surface area contributed by atoms with Crippen LogP contribution in [0.25, 0.3) is 0 Å². The van der Waals surface area contributed by atoms with Crippen LogP contribution in [0.3, 0.4) is 0 Å². The van der Waals surface area contributed by atoms with Crippen LogP contribution in [0.5, 0.6) is 0 Å². The summed E-state index contributed by atoms with van der Waals surface area (Å²) in [5.74, 6) is 0.178. The fourth-order valence-electron chi connectivity index (χ4n) is 1.48. The standard InChI is InChI=1S/C12H21N3O2/c1-8(2)10-6-11(15(5)13-10)12(17)14(4)9(3)7-16/h6,8-9,16H,7H2,1-5H3. The molecule has 0 aliphatic rings. The first-order chi connectivity index (χ1) is 7.88. The zero-order valence-electron chi connectivity index (χ0n) is 11.1. The zero-order valence-corrected chi connectivity index (χ0v) is 11.1. The smallest absolute Gasteiger partial charge is 0.272 e. The predicted molar refractivity (Wildman–Crippen MR) is 65.9 cm³/mol. The van der Waals surface area contributed by atoms with Crippen molar-refractivity contribution in [2.24, 2.45) is 7.05 Å². The third kappa shape index (κ3) is 2.85. The normalized spacial score (nSPS) is 12.9. The van der Waals surface area contributed by atoms with E-state index in [0.717, 1.165) is 5.69 Å². The summed E-state index contributed by atoms with van der Waals surface area (Å²) in [6, 6.07) is 1.62. The number of aliphatic hydroxyl groups is 1. The molecule has 0 saturated carbocycles. The predicted octanol–water partition coefficient (Wildman–Crippen LogP) is 0.996. The lowest BCUT2D eigenvalue weighted by Gasteiger charge is -2.22. The molecule has 1 aromatic rings. The van der Waals surface area contributed by atoms with Crippen molar-refractivity contribution in [1.82, 2.24) is 14.7 Å². The average Bonchev–Trinajstić information content (AvgIpc) is 2.68. The van der Waals surface area contributed by atoms with Gasteiger partial charge in [0.15, 0.2) is 0 Å². The Balaban J connectivity index is 2.96. The summed E-state index contributed by atoms with van der Waals surface area (Å²) in [5.41, 5.74) is 1.46. The second kappa shape index (κ2) is 5.31. The molecule has 96 valence electrons. The van der Waals surface area contributed by atoms with E-state index in [1.807, 2.05) is 19.9 Å². The number of aliphatic hydroxyl groups excluding tert-OH is 1. The first-order valence-electron chi connectivity index (χ1n) is 5.80. The summed E-state index contributed by atoms with van der Waals surface area (Å²) < 4.78 is 1.60. The summed E-state index contributed by atoms with van der Waals surface area (Å²) in [6.07, 6.45) is 0. The van der Waals surface area contributed by atoms with Crippen molar-refractivity contribution >= 4 is 5.91 Å². The molecule has 1 heterocycles. The molecule has 0 aliphatic heterocycles. The minimum absolute atomic E-state index is 0.0445. The summed E-state index contributed by atoms with van der Waals surface area (Å²) in [5, 5.41) is 13.4. The highest BCUT2D eigenvalue weighted by Gasteiger charge is 2.21. The van der Waals surface area contributed by atoms with Gasteiger partial charge in [0.1, 0.15) is 5.69 Å². The van der Waals surface area contributed by atoms with Gasteiger partial charge in [0.05, 0.1) is 18.3 Å². The molecule has 1 atom stereocenters. The number of rotatable bonds is 4. The fraction of sp³-hybridized carbons (Fsp3) is 0.667. The van der Waals surface area contributed by atoms with E-state index in [9.17, 15) is 4.79 Å². The van der Waals surface area contributed by atoms with E-state index in [-0.39, 0.29) is 18.6 Å². The Kier molecular flexibility index (Phi) is 4.28. The van der Waals surface area contributed by atoms with E-state index in [2.05, 4.69) is 5.10 Å². The van der Waals surface area contributed by atoms with E-state index in [0.29, 0.717) is 11.6 Å². The third-order valence-corrected chi connectivity index (χ3v) is 2.96. The number of aryl methyl sites for hydroxylation is 1. The quantitative estimate of drug-likeness (QED) is 0.852. The van der Waals surface area contributed by atoms with Crippen molar-refractivity contribution in [1.29, 1.82) is 0 Å². The van der Waals surface area contributed by atoms with Gasteiger partial charge in [-0.25, -0.2) is 0 Å². The molecule has 17 heavy (non-hydrogen) atoms. The van der Waals surface area contributed by atoms with Gasteiger partial charge in [-0.05, 0) is 18.9 Å². The van der Waals surface area contributed by atoms with Crippen LogP contribution >= 0.6 is 0 Å². The number of likely N-dealkylation sites (N-methyl/N-ethyl adjacent to an activating group) is 1. The minimum Gasteiger partial charge on any atom is -0.394 e. The monoisotopic (exact) mass is 239 g/mol. The first kappa shape index (κ1) is 13.7. The molecule has 0 bridgehead atoms. The first-order valence-corrected chi connectivity index (χ1v) is 5.80. The van der Waals surface area contributed by atoms with Crippen LogP contribution in [0.4, 0.5) is 0 Å². The fourth-order valence-corrected chi connectivity index (χ4v) is 1.48. The van der Waals surface area contributed by atoms with Gasteiger partial charge in [-0.15, -0.1) is 0 Å². The lowest BCUT2D eigenvalue weighted by Crippen LogP contribution is -2.38. The molecular formula is C12H21N3O2. The highest BCUT2D eigenvalue weighted by Crippen LogP contribution is 2.15. The van der Waals surface area contributed by atoms with Gasteiger partial charge in [0, 0.05) is 14.1 Å². The SMILES string of the molecule is CC(C)c1cc(C(=O)N(C)C(C)CO)n(C)n1. The van der Waals surface area contributed by atoms with Crippen molar-refractivity contribution in [3.05, 3.63) is 17.5 Å². The topological polar surface area (TPSA) is 58.4 Å².